The Morgan fingerprint density at radius 1 is 1.38 bits per heavy atom. The van der Waals surface area contributed by atoms with E-state index in [1.165, 1.54) is 0 Å². The summed E-state index contributed by atoms with van der Waals surface area (Å²) in [5, 5.41) is 6.24. The van der Waals surface area contributed by atoms with Gasteiger partial charge >= 0.3 is 0 Å². The molecule has 136 valence electrons. The Kier molecular flexibility index (Phi) is 9.76. The largest absolute Gasteiger partial charge is 0.378 e. The predicted molar refractivity (Wildman–Crippen MR) is 104 cm³/mol. The Bertz CT molecular complexity index is 495. The van der Waals surface area contributed by atoms with Crippen LogP contribution in [0.2, 0.25) is 0 Å². The lowest BCUT2D eigenvalue weighted by atomic mass is 10.2. The molecule has 24 heavy (non-hydrogen) atoms. The van der Waals surface area contributed by atoms with E-state index in [-0.39, 0.29) is 36.8 Å². The fourth-order valence-corrected chi connectivity index (χ4v) is 3.59. The van der Waals surface area contributed by atoms with E-state index in [1.54, 1.807) is 0 Å². The zero-order valence-corrected chi connectivity index (χ0v) is 15.9. The first-order valence-corrected chi connectivity index (χ1v) is 8.86. The first-order chi connectivity index (χ1) is 10.8. The number of nitrogens with one attached hydrogen (secondary N) is 2. The molecule has 1 atom stereocenters. The van der Waals surface area contributed by atoms with Gasteiger partial charge in [0.05, 0.1) is 25.1 Å². The quantitative estimate of drug-likeness (QED) is 0.811. The summed E-state index contributed by atoms with van der Waals surface area (Å²) in [6, 6.07) is 4.14. The highest BCUT2D eigenvalue weighted by Crippen LogP contribution is 2.17. The lowest BCUT2D eigenvalue weighted by molar-refractivity contribution is -0.116. The number of hydrogen-bond donors (Lipinski definition) is 2. The van der Waals surface area contributed by atoms with Crippen LogP contribution in [-0.2, 0) is 9.53 Å². The van der Waals surface area contributed by atoms with Crippen molar-refractivity contribution in [3.05, 3.63) is 18.3 Å². The second-order valence-electron chi connectivity index (χ2n) is 5.48. The Morgan fingerprint density at radius 3 is 2.79 bits per heavy atom. The average molecular weight is 395 g/mol. The van der Waals surface area contributed by atoms with Crippen LogP contribution < -0.4 is 15.5 Å². The molecule has 0 aliphatic carbocycles. The van der Waals surface area contributed by atoms with E-state index < -0.39 is 0 Å². The van der Waals surface area contributed by atoms with E-state index in [2.05, 4.69) is 20.5 Å². The zero-order chi connectivity index (χ0) is 15.2. The van der Waals surface area contributed by atoms with Crippen molar-refractivity contribution in [3.8, 4) is 0 Å². The number of thioether (sulfide) groups is 1. The highest BCUT2D eigenvalue weighted by molar-refractivity contribution is 7.99. The molecule has 1 aromatic heterocycles. The molecule has 2 aliphatic heterocycles. The lowest BCUT2D eigenvalue weighted by Crippen LogP contribution is -2.40. The fraction of sp³-hybridized carbons (Fsp3) is 0.600. The van der Waals surface area contributed by atoms with Gasteiger partial charge in [-0.15, -0.1) is 24.8 Å². The summed E-state index contributed by atoms with van der Waals surface area (Å²) < 4.78 is 5.34. The van der Waals surface area contributed by atoms with Crippen LogP contribution in [-0.4, -0.2) is 61.3 Å². The van der Waals surface area contributed by atoms with Crippen LogP contribution in [0, 0.1) is 0 Å². The molecule has 0 spiro atoms. The molecule has 1 amide bonds. The monoisotopic (exact) mass is 394 g/mol. The molecule has 2 saturated heterocycles. The van der Waals surface area contributed by atoms with Gasteiger partial charge < -0.3 is 20.3 Å². The van der Waals surface area contributed by atoms with Crippen molar-refractivity contribution < 1.29 is 9.53 Å². The van der Waals surface area contributed by atoms with Crippen molar-refractivity contribution in [1.82, 2.24) is 10.3 Å². The Morgan fingerprint density at radius 2 is 2.17 bits per heavy atom. The van der Waals surface area contributed by atoms with Crippen molar-refractivity contribution in [1.29, 1.82) is 0 Å². The number of ether oxygens (including phenoxy) is 1. The highest BCUT2D eigenvalue weighted by Gasteiger charge is 2.17. The van der Waals surface area contributed by atoms with Crippen molar-refractivity contribution >= 4 is 54.0 Å². The van der Waals surface area contributed by atoms with E-state index in [9.17, 15) is 4.79 Å². The minimum Gasteiger partial charge on any atom is -0.378 e. The summed E-state index contributed by atoms with van der Waals surface area (Å²) in [5.74, 6) is 2.76. The molecule has 6 nitrogen and oxygen atoms in total. The summed E-state index contributed by atoms with van der Waals surface area (Å²) in [7, 11) is 0. The highest BCUT2D eigenvalue weighted by atomic mass is 35.5. The van der Waals surface area contributed by atoms with Gasteiger partial charge in [-0.05, 0) is 12.1 Å². The van der Waals surface area contributed by atoms with Crippen molar-refractivity contribution in [2.75, 3.05) is 54.6 Å². The van der Waals surface area contributed by atoms with Gasteiger partial charge in [0.25, 0.3) is 0 Å². The van der Waals surface area contributed by atoms with Crippen LogP contribution in [0.3, 0.4) is 0 Å². The van der Waals surface area contributed by atoms with Gasteiger partial charge in [0, 0.05) is 43.6 Å². The standard InChI is InChI=1S/C15H22N4O2S.2ClH/c20-15(9-12-11-22-8-3-16-12)18-14-2-1-13(10-17-14)19-4-6-21-7-5-19;;/h1-2,10,12,16H,3-9,11H2,(H,17,18,20);2*1H. The molecule has 1 aromatic rings. The van der Waals surface area contributed by atoms with E-state index >= 15 is 0 Å². The SMILES string of the molecule is Cl.Cl.O=C(CC1CSCCN1)Nc1ccc(N2CCOCC2)cn1. The number of hydrogen-bond acceptors (Lipinski definition) is 6. The van der Waals surface area contributed by atoms with Gasteiger partial charge in [-0.25, -0.2) is 4.98 Å². The topological polar surface area (TPSA) is 66.5 Å². The summed E-state index contributed by atoms with van der Waals surface area (Å²) in [6.07, 6.45) is 2.32. The normalized spacial score (nSPS) is 20.5. The molecule has 2 fully saturated rings. The average Bonchev–Trinajstić information content (AvgIpc) is 2.57. The van der Waals surface area contributed by atoms with Gasteiger partial charge in [-0.2, -0.15) is 11.8 Å². The Labute approximate surface area is 159 Å². The number of anilines is 2. The molecule has 0 bridgehead atoms. The molecule has 3 heterocycles. The molecule has 1 unspecified atom stereocenters. The number of aromatic nitrogens is 1. The summed E-state index contributed by atoms with van der Waals surface area (Å²) in [6.45, 7) is 4.27. The predicted octanol–water partition coefficient (Wildman–Crippen LogP) is 1.80. The molecule has 3 rings (SSSR count). The molecule has 0 aromatic carbocycles. The van der Waals surface area contributed by atoms with E-state index in [0.717, 1.165) is 50.0 Å². The van der Waals surface area contributed by atoms with Gasteiger partial charge in [0.15, 0.2) is 0 Å². The number of amides is 1. The molecular formula is C15H24Cl2N4O2S. The van der Waals surface area contributed by atoms with Crippen LogP contribution in [0.5, 0.6) is 0 Å². The van der Waals surface area contributed by atoms with Crippen molar-refractivity contribution in [3.63, 3.8) is 0 Å². The molecule has 0 radical (unpaired) electrons. The first kappa shape index (κ1) is 21.3. The van der Waals surface area contributed by atoms with Crippen LogP contribution in [0.25, 0.3) is 0 Å². The first-order valence-electron chi connectivity index (χ1n) is 7.71. The van der Waals surface area contributed by atoms with Crippen molar-refractivity contribution in [2.45, 2.75) is 12.5 Å². The third-order valence-corrected chi connectivity index (χ3v) is 4.95. The fourth-order valence-electron chi connectivity index (χ4n) is 2.64. The molecule has 2 N–H and O–H groups in total. The van der Waals surface area contributed by atoms with Crippen LogP contribution in [0.1, 0.15) is 6.42 Å². The molecule has 2 aliphatic rings. The number of rotatable bonds is 4. The van der Waals surface area contributed by atoms with Crippen LogP contribution in [0.15, 0.2) is 18.3 Å². The number of carbonyl (C=O) groups excluding carboxylic acids is 1. The summed E-state index contributed by atoms with van der Waals surface area (Å²) >= 11 is 1.90. The summed E-state index contributed by atoms with van der Waals surface area (Å²) in [4.78, 5) is 18.6. The maximum absolute atomic E-state index is 12.0. The minimum atomic E-state index is 0. The Hall–Kier alpha value is -0.730. The van der Waals surface area contributed by atoms with Gasteiger partial charge in [-0.1, -0.05) is 0 Å². The number of pyridine rings is 1. The second-order valence-corrected chi connectivity index (χ2v) is 6.63. The third kappa shape index (κ3) is 6.29. The maximum atomic E-state index is 12.0. The van der Waals surface area contributed by atoms with E-state index in [4.69, 9.17) is 4.74 Å². The maximum Gasteiger partial charge on any atom is 0.227 e. The van der Waals surface area contributed by atoms with Crippen LogP contribution >= 0.6 is 36.6 Å². The van der Waals surface area contributed by atoms with Gasteiger partial charge in [-0.3, -0.25) is 4.79 Å². The molecular weight excluding hydrogens is 371 g/mol. The number of nitrogens with zero attached hydrogens (tertiary/aromatic N) is 2. The van der Waals surface area contributed by atoms with Gasteiger partial charge in [0.1, 0.15) is 5.82 Å². The second kappa shape index (κ2) is 11.0. The lowest BCUT2D eigenvalue weighted by Gasteiger charge is -2.28. The van der Waals surface area contributed by atoms with E-state index in [1.807, 2.05) is 30.1 Å². The number of halogens is 2. The molecule has 0 saturated carbocycles. The van der Waals surface area contributed by atoms with E-state index in [0.29, 0.717) is 12.2 Å². The minimum absolute atomic E-state index is 0. The zero-order valence-electron chi connectivity index (χ0n) is 13.4. The number of carbonyl (C=O) groups is 1. The van der Waals surface area contributed by atoms with Gasteiger partial charge in [0.2, 0.25) is 5.91 Å². The molecule has 9 heteroatoms. The van der Waals surface area contributed by atoms with Crippen LogP contribution in [0.4, 0.5) is 11.5 Å². The van der Waals surface area contributed by atoms with Crippen molar-refractivity contribution in [2.24, 2.45) is 0 Å². The third-order valence-electron chi connectivity index (χ3n) is 3.82. The smallest absolute Gasteiger partial charge is 0.227 e. The summed E-state index contributed by atoms with van der Waals surface area (Å²) in [5.41, 5.74) is 1.08. The number of morpholine rings is 1. The Balaban J connectivity index is 0.00000144.